The fraction of sp³-hybridized carbons (Fsp3) is 0.273. The van der Waals surface area contributed by atoms with Crippen LogP contribution in [0.2, 0.25) is 0 Å². The van der Waals surface area contributed by atoms with E-state index in [1.807, 2.05) is 36.5 Å². The largest absolute Gasteiger partial charge is 0.464 e. The summed E-state index contributed by atoms with van der Waals surface area (Å²) in [7, 11) is 4.01. The summed E-state index contributed by atoms with van der Waals surface area (Å²) >= 11 is 1.42. The summed E-state index contributed by atoms with van der Waals surface area (Å²) in [5.74, 6) is 1.89. The van der Waals surface area contributed by atoms with Crippen molar-refractivity contribution in [3.8, 4) is 0 Å². The molecule has 0 saturated heterocycles. The minimum Gasteiger partial charge on any atom is -0.464 e. The van der Waals surface area contributed by atoms with Crippen molar-refractivity contribution in [2.75, 3.05) is 20.6 Å². The first-order valence-corrected chi connectivity index (χ1v) is 10.1. The van der Waals surface area contributed by atoms with Crippen molar-refractivity contribution in [3.05, 3.63) is 80.9 Å². The van der Waals surface area contributed by atoms with Gasteiger partial charge in [-0.15, -0.1) is 23.7 Å². The first-order chi connectivity index (χ1) is 13.5. The zero-order chi connectivity index (χ0) is 19.7. The summed E-state index contributed by atoms with van der Waals surface area (Å²) in [5, 5.41) is 1.88. The number of nitrogens with zero attached hydrogens (tertiary/aromatic N) is 2. The molecule has 3 heterocycles. The number of carbonyl (C=O) groups excluding carboxylic acids is 2. The Morgan fingerprint density at radius 2 is 1.86 bits per heavy atom. The molecule has 0 spiro atoms. The molecule has 0 bridgehead atoms. The van der Waals surface area contributed by atoms with Gasteiger partial charge in [-0.2, -0.15) is 0 Å². The molecule has 1 aliphatic heterocycles. The molecule has 0 saturated carbocycles. The van der Waals surface area contributed by atoms with Crippen molar-refractivity contribution in [3.63, 3.8) is 0 Å². The molecule has 4 rings (SSSR count). The molecule has 0 unspecified atom stereocenters. The average molecular weight is 431 g/mol. The third kappa shape index (κ3) is 4.61. The standard InChI is InChI=1S/C22H22N2O3S.ClH/c1-23(2)14-18-12-17-13-24(10-9-19(17)27-18)22(26)16-7-5-15(6-8-16)21(25)20-4-3-11-28-20;/h3-8,11-12H,9-10,13-14H2,1-2H3;1H. The Bertz CT molecular complexity index is 994. The van der Waals surface area contributed by atoms with E-state index in [0.717, 1.165) is 30.0 Å². The quantitative estimate of drug-likeness (QED) is 0.568. The molecule has 1 aromatic carbocycles. The number of fused-ring (bicyclic) bond motifs is 1. The lowest BCUT2D eigenvalue weighted by atomic mass is 10.0. The molecule has 2 aromatic heterocycles. The second kappa shape index (κ2) is 8.95. The van der Waals surface area contributed by atoms with E-state index in [1.54, 1.807) is 24.3 Å². The molecule has 0 N–H and O–H groups in total. The van der Waals surface area contributed by atoms with Gasteiger partial charge in [0.15, 0.2) is 0 Å². The first-order valence-electron chi connectivity index (χ1n) is 9.24. The predicted molar refractivity (Wildman–Crippen MR) is 116 cm³/mol. The van der Waals surface area contributed by atoms with Crippen molar-refractivity contribution < 1.29 is 14.0 Å². The van der Waals surface area contributed by atoms with Crippen molar-refractivity contribution in [2.24, 2.45) is 0 Å². The Balaban J connectivity index is 0.00000240. The number of hydrogen-bond donors (Lipinski definition) is 0. The zero-order valence-electron chi connectivity index (χ0n) is 16.4. The van der Waals surface area contributed by atoms with Crippen LogP contribution in [0.1, 0.15) is 42.7 Å². The molecule has 0 aliphatic carbocycles. The van der Waals surface area contributed by atoms with Crippen LogP contribution in [0.4, 0.5) is 0 Å². The Labute approximate surface area is 180 Å². The fourth-order valence-corrected chi connectivity index (χ4v) is 4.14. The van der Waals surface area contributed by atoms with Gasteiger partial charge >= 0.3 is 0 Å². The van der Waals surface area contributed by atoms with E-state index in [2.05, 4.69) is 11.0 Å². The SMILES string of the molecule is CN(C)Cc1cc2c(o1)CCN(C(=O)c1ccc(C(=O)c3cccs3)cc1)C2.Cl. The Kier molecular flexibility index (Phi) is 6.57. The highest BCUT2D eigenvalue weighted by Crippen LogP contribution is 2.25. The second-order valence-corrected chi connectivity index (χ2v) is 8.21. The lowest BCUT2D eigenvalue weighted by Crippen LogP contribution is -2.35. The van der Waals surface area contributed by atoms with Gasteiger partial charge in [0, 0.05) is 36.2 Å². The maximum atomic E-state index is 12.9. The molecule has 0 fully saturated rings. The summed E-state index contributed by atoms with van der Waals surface area (Å²) in [4.78, 5) is 29.9. The van der Waals surface area contributed by atoms with Crippen LogP contribution in [-0.4, -0.2) is 42.1 Å². The molecule has 5 nitrogen and oxygen atoms in total. The molecule has 1 aliphatic rings. The van der Waals surface area contributed by atoms with Crippen LogP contribution >= 0.6 is 23.7 Å². The van der Waals surface area contributed by atoms with Gasteiger partial charge in [0.05, 0.1) is 11.4 Å². The number of hydrogen-bond acceptors (Lipinski definition) is 5. The number of furan rings is 1. The fourth-order valence-electron chi connectivity index (χ4n) is 3.45. The number of thiophene rings is 1. The van der Waals surface area contributed by atoms with Crippen LogP contribution in [0, 0.1) is 0 Å². The van der Waals surface area contributed by atoms with E-state index < -0.39 is 0 Å². The predicted octanol–water partition coefficient (Wildman–Crippen LogP) is 4.25. The van der Waals surface area contributed by atoms with Crippen molar-refractivity contribution in [2.45, 2.75) is 19.5 Å². The van der Waals surface area contributed by atoms with Gasteiger partial charge in [-0.25, -0.2) is 0 Å². The third-order valence-corrected chi connectivity index (χ3v) is 5.68. The van der Waals surface area contributed by atoms with Gasteiger partial charge < -0.3 is 14.2 Å². The van der Waals surface area contributed by atoms with E-state index in [4.69, 9.17) is 4.42 Å². The highest BCUT2D eigenvalue weighted by atomic mass is 35.5. The molecule has 1 amide bonds. The number of ketones is 1. The lowest BCUT2D eigenvalue weighted by molar-refractivity contribution is 0.0729. The van der Waals surface area contributed by atoms with E-state index >= 15 is 0 Å². The molecule has 0 atom stereocenters. The minimum atomic E-state index is -0.0175. The van der Waals surface area contributed by atoms with Gasteiger partial charge in [0.1, 0.15) is 11.5 Å². The molecule has 0 radical (unpaired) electrons. The molecule has 7 heteroatoms. The van der Waals surface area contributed by atoms with Crippen molar-refractivity contribution in [1.82, 2.24) is 9.80 Å². The maximum Gasteiger partial charge on any atom is 0.254 e. The van der Waals surface area contributed by atoms with Crippen LogP contribution in [0.15, 0.2) is 52.3 Å². The molecule has 29 heavy (non-hydrogen) atoms. The molecular formula is C22H23ClN2O3S. The highest BCUT2D eigenvalue weighted by molar-refractivity contribution is 7.12. The van der Waals surface area contributed by atoms with E-state index in [-0.39, 0.29) is 24.1 Å². The van der Waals surface area contributed by atoms with Crippen LogP contribution in [-0.2, 0) is 19.5 Å². The molecular weight excluding hydrogens is 408 g/mol. The Morgan fingerprint density at radius 1 is 1.14 bits per heavy atom. The Morgan fingerprint density at radius 3 is 2.52 bits per heavy atom. The normalized spacial score (nSPS) is 13.1. The first kappa shape index (κ1) is 21.3. The summed E-state index contributed by atoms with van der Waals surface area (Å²) < 4.78 is 5.91. The third-order valence-electron chi connectivity index (χ3n) is 4.82. The summed E-state index contributed by atoms with van der Waals surface area (Å²) in [6, 6.07) is 12.7. The van der Waals surface area contributed by atoms with Gasteiger partial charge in [-0.1, -0.05) is 18.2 Å². The number of amides is 1. The average Bonchev–Trinajstić information content (AvgIpc) is 3.35. The molecule has 3 aromatic rings. The van der Waals surface area contributed by atoms with Crippen LogP contribution in [0.3, 0.4) is 0 Å². The van der Waals surface area contributed by atoms with Crippen molar-refractivity contribution >= 4 is 35.4 Å². The van der Waals surface area contributed by atoms with Gasteiger partial charge in [-0.05, 0) is 43.7 Å². The summed E-state index contributed by atoms with van der Waals surface area (Å²) in [5.41, 5.74) is 2.28. The highest BCUT2D eigenvalue weighted by Gasteiger charge is 2.25. The van der Waals surface area contributed by atoms with E-state index in [0.29, 0.717) is 29.1 Å². The van der Waals surface area contributed by atoms with Crippen LogP contribution < -0.4 is 0 Å². The number of rotatable bonds is 5. The number of benzene rings is 1. The summed E-state index contributed by atoms with van der Waals surface area (Å²) in [6.45, 7) is 1.94. The van der Waals surface area contributed by atoms with E-state index in [9.17, 15) is 9.59 Å². The van der Waals surface area contributed by atoms with Gasteiger partial charge in [0.25, 0.3) is 5.91 Å². The van der Waals surface area contributed by atoms with E-state index in [1.165, 1.54) is 11.3 Å². The van der Waals surface area contributed by atoms with Crippen LogP contribution in [0.5, 0.6) is 0 Å². The van der Waals surface area contributed by atoms with Gasteiger partial charge in [-0.3, -0.25) is 9.59 Å². The minimum absolute atomic E-state index is 0. The topological polar surface area (TPSA) is 53.8 Å². The number of carbonyl (C=O) groups is 2. The van der Waals surface area contributed by atoms with Crippen molar-refractivity contribution in [1.29, 1.82) is 0 Å². The molecule has 152 valence electrons. The lowest BCUT2D eigenvalue weighted by Gasteiger charge is -2.26. The van der Waals surface area contributed by atoms with Crippen LogP contribution in [0.25, 0.3) is 0 Å². The number of halogens is 1. The summed E-state index contributed by atoms with van der Waals surface area (Å²) in [6.07, 6.45) is 0.726. The second-order valence-electron chi connectivity index (χ2n) is 7.26. The maximum absolute atomic E-state index is 12.9. The smallest absolute Gasteiger partial charge is 0.254 e. The monoisotopic (exact) mass is 430 g/mol. The van der Waals surface area contributed by atoms with Gasteiger partial charge in [0.2, 0.25) is 5.78 Å². The zero-order valence-corrected chi connectivity index (χ0v) is 18.0. The Hall–Kier alpha value is -2.41.